The Kier molecular flexibility index (Phi) is 4.27. The number of nitrogens with zero attached hydrogens (tertiary/aromatic N) is 1. The van der Waals surface area contributed by atoms with Crippen molar-refractivity contribution in [1.82, 2.24) is 10.2 Å². The zero-order valence-electron chi connectivity index (χ0n) is 10.9. The monoisotopic (exact) mass is 274 g/mol. The van der Waals surface area contributed by atoms with Crippen LogP contribution in [-0.2, 0) is 14.6 Å². The molecular weight excluding hydrogens is 252 g/mol. The minimum absolute atomic E-state index is 0.0276. The topological polar surface area (TPSA) is 66.5 Å². The van der Waals surface area contributed by atoms with Crippen LogP contribution in [0.4, 0.5) is 0 Å². The summed E-state index contributed by atoms with van der Waals surface area (Å²) in [6.45, 7) is 4.99. The van der Waals surface area contributed by atoms with Crippen LogP contribution >= 0.6 is 0 Å². The highest BCUT2D eigenvalue weighted by Crippen LogP contribution is 2.21. The molecule has 0 aliphatic carbocycles. The SMILES string of the molecule is CC1CNCCN(CC2CCS(=O)(=O)CC2)C1=O. The summed E-state index contributed by atoms with van der Waals surface area (Å²) in [5, 5.41) is 3.25. The van der Waals surface area contributed by atoms with Crippen molar-refractivity contribution in [3.05, 3.63) is 0 Å². The van der Waals surface area contributed by atoms with Crippen LogP contribution in [0.2, 0.25) is 0 Å². The molecule has 0 aromatic rings. The Labute approximate surface area is 109 Å². The van der Waals surface area contributed by atoms with Gasteiger partial charge in [0.2, 0.25) is 5.91 Å². The standard InChI is InChI=1S/C12H22N2O3S/c1-10-8-13-4-5-14(12(10)15)9-11-2-6-18(16,17)7-3-11/h10-11,13H,2-9H2,1H3. The summed E-state index contributed by atoms with van der Waals surface area (Å²) < 4.78 is 22.7. The smallest absolute Gasteiger partial charge is 0.226 e. The number of hydrogen-bond donors (Lipinski definition) is 1. The van der Waals surface area contributed by atoms with E-state index in [0.29, 0.717) is 18.8 Å². The Hall–Kier alpha value is -0.620. The number of sulfone groups is 1. The number of amides is 1. The van der Waals surface area contributed by atoms with Crippen molar-refractivity contribution in [2.24, 2.45) is 11.8 Å². The van der Waals surface area contributed by atoms with Gasteiger partial charge in [0.05, 0.1) is 11.5 Å². The molecule has 2 heterocycles. The van der Waals surface area contributed by atoms with Gasteiger partial charge in [-0.1, -0.05) is 6.92 Å². The molecule has 0 aromatic carbocycles. The Balaban J connectivity index is 1.90. The van der Waals surface area contributed by atoms with Gasteiger partial charge in [-0.05, 0) is 18.8 Å². The molecule has 0 radical (unpaired) electrons. The molecule has 1 amide bonds. The van der Waals surface area contributed by atoms with E-state index in [4.69, 9.17) is 0 Å². The van der Waals surface area contributed by atoms with Crippen LogP contribution in [0.25, 0.3) is 0 Å². The van der Waals surface area contributed by atoms with Crippen molar-refractivity contribution in [2.45, 2.75) is 19.8 Å². The van der Waals surface area contributed by atoms with Crippen molar-refractivity contribution in [1.29, 1.82) is 0 Å². The van der Waals surface area contributed by atoms with Gasteiger partial charge in [-0.15, -0.1) is 0 Å². The second kappa shape index (κ2) is 5.57. The van der Waals surface area contributed by atoms with E-state index in [-0.39, 0.29) is 23.3 Å². The first kappa shape index (κ1) is 13.8. The van der Waals surface area contributed by atoms with Crippen LogP contribution in [-0.4, -0.2) is 56.9 Å². The maximum atomic E-state index is 12.1. The van der Waals surface area contributed by atoms with Crippen LogP contribution in [0.5, 0.6) is 0 Å². The Morgan fingerprint density at radius 1 is 1.33 bits per heavy atom. The lowest BCUT2D eigenvalue weighted by molar-refractivity contribution is -0.134. The van der Waals surface area contributed by atoms with E-state index < -0.39 is 9.84 Å². The minimum atomic E-state index is -2.80. The van der Waals surface area contributed by atoms with Gasteiger partial charge in [0.25, 0.3) is 0 Å². The number of carbonyl (C=O) groups excluding carboxylic acids is 1. The molecule has 0 spiro atoms. The maximum absolute atomic E-state index is 12.1. The van der Waals surface area contributed by atoms with Crippen molar-refractivity contribution >= 4 is 15.7 Å². The van der Waals surface area contributed by atoms with Gasteiger partial charge >= 0.3 is 0 Å². The van der Waals surface area contributed by atoms with Gasteiger partial charge < -0.3 is 10.2 Å². The zero-order valence-corrected chi connectivity index (χ0v) is 11.7. The Bertz CT molecular complexity index is 394. The largest absolute Gasteiger partial charge is 0.341 e. The van der Waals surface area contributed by atoms with Crippen molar-refractivity contribution in [2.75, 3.05) is 37.7 Å². The van der Waals surface area contributed by atoms with Gasteiger partial charge in [-0.3, -0.25) is 4.79 Å². The van der Waals surface area contributed by atoms with Crippen LogP contribution in [0.3, 0.4) is 0 Å². The predicted octanol–water partition coefficient (Wildman–Crippen LogP) is -0.121. The summed E-state index contributed by atoms with van der Waals surface area (Å²) in [6.07, 6.45) is 1.40. The van der Waals surface area contributed by atoms with Gasteiger partial charge in [-0.2, -0.15) is 0 Å². The van der Waals surface area contributed by atoms with Crippen molar-refractivity contribution in [3.8, 4) is 0 Å². The molecular formula is C12H22N2O3S. The molecule has 104 valence electrons. The first-order chi connectivity index (χ1) is 8.48. The molecule has 1 N–H and O–H groups in total. The van der Waals surface area contributed by atoms with E-state index in [1.54, 1.807) is 0 Å². The third-order valence-electron chi connectivity index (χ3n) is 3.90. The molecule has 0 bridgehead atoms. The minimum Gasteiger partial charge on any atom is -0.341 e. The van der Waals surface area contributed by atoms with E-state index in [1.807, 2.05) is 11.8 Å². The molecule has 2 fully saturated rings. The highest BCUT2D eigenvalue weighted by Gasteiger charge is 2.29. The second-order valence-electron chi connectivity index (χ2n) is 5.48. The Morgan fingerprint density at radius 3 is 2.67 bits per heavy atom. The van der Waals surface area contributed by atoms with E-state index >= 15 is 0 Å². The molecule has 1 unspecified atom stereocenters. The Morgan fingerprint density at radius 2 is 2.00 bits per heavy atom. The fourth-order valence-electron chi connectivity index (χ4n) is 2.66. The van der Waals surface area contributed by atoms with Crippen LogP contribution in [0.1, 0.15) is 19.8 Å². The first-order valence-corrected chi connectivity index (χ1v) is 8.50. The average Bonchev–Trinajstić information content (AvgIpc) is 2.47. The molecule has 2 aliphatic rings. The molecule has 1 atom stereocenters. The highest BCUT2D eigenvalue weighted by atomic mass is 32.2. The van der Waals surface area contributed by atoms with E-state index in [0.717, 1.165) is 26.2 Å². The fourth-order valence-corrected chi connectivity index (χ4v) is 4.25. The molecule has 5 nitrogen and oxygen atoms in total. The normalized spacial score (nSPS) is 30.2. The molecule has 2 aliphatic heterocycles. The van der Waals surface area contributed by atoms with Gasteiger partial charge in [0.1, 0.15) is 9.84 Å². The van der Waals surface area contributed by atoms with Crippen LogP contribution in [0, 0.1) is 11.8 Å². The maximum Gasteiger partial charge on any atom is 0.226 e. The molecule has 2 saturated heterocycles. The summed E-state index contributed by atoms with van der Waals surface area (Å²) >= 11 is 0. The number of rotatable bonds is 2. The second-order valence-corrected chi connectivity index (χ2v) is 7.79. The first-order valence-electron chi connectivity index (χ1n) is 6.68. The third kappa shape index (κ3) is 3.45. The number of hydrogen-bond acceptors (Lipinski definition) is 4. The lowest BCUT2D eigenvalue weighted by atomic mass is 10.0. The number of carbonyl (C=O) groups is 1. The summed E-state index contributed by atoms with van der Waals surface area (Å²) in [6, 6.07) is 0. The molecule has 2 rings (SSSR count). The average molecular weight is 274 g/mol. The zero-order chi connectivity index (χ0) is 13.2. The highest BCUT2D eigenvalue weighted by molar-refractivity contribution is 7.91. The van der Waals surface area contributed by atoms with Gasteiger partial charge in [-0.25, -0.2) is 8.42 Å². The summed E-state index contributed by atoms with van der Waals surface area (Å²) in [4.78, 5) is 14.0. The molecule has 0 saturated carbocycles. The molecule has 6 heteroatoms. The predicted molar refractivity (Wildman–Crippen MR) is 70.0 cm³/mol. The van der Waals surface area contributed by atoms with Crippen LogP contribution in [0.15, 0.2) is 0 Å². The quantitative estimate of drug-likeness (QED) is 0.762. The van der Waals surface area contributed by atoms with Crippen molar-refractivity contribution in [3.63, 3.8) is 0 Å². The van der Waals surface area contributed by atoms with Gasteiger partial charge in [0.15, 0.2) is 0 Å². The van der Waals surface area contributed by atoms with Crippen LogP contribution < -0.4 is 5.32 Å². The van der Waals surface area contributed by atoms with E-state index in [9.17, 15) is 13.2 Å². The third-order valence-corrected chi connectivity index (χ3v) is 5.61. The summed E-state index contributed by atoms with van der Waals surface area (Å²) in [5.41, 5.74) is 0. The lowest BCUT2D eigenvalue weighted by Gasteiger charge is -2.29. The molecule has 18 heavy (non-hydrogen) atoms. The van der Waals surface area contributed by atoms with Crippen molar-refractivity contribution < 1.29 is 13.2 Å². The van der Waals surface area contributed by atoms with E-state index in [1.165, 1.54) is 0 Å². The lowest BCUT2D eigenvalue weighted by Crippen LogP contribution is -2.40. The van der Waals surface area contributed by atoms with E-state index in [2.05, 4.69) is 5.32 Å². The fraction of sp³-hybridized carbons (Fsp3) is 0.917. The summed E-state index contributed by atoms with van der Waals surface area (Å²) in [5.74, 6) is 1.15. The van der Waals surface area contributed by atoms with Gasteiger partial charge in [0, 0.05) is 32.1 Å². The number of nitrogens with one attached hydrogen (secondary N) is 1. The molecule has 0 aromatic heterocycles. The summed E-state index contributed by atoms with van der Waals surface area (Å²) in [7, 11) is -2.80.